The van der Waals surface area contributed by atoms with Gasteiger partial charge in [-0.15, -0.1) is 11.3 Å². The smallest absolute Gasteiger partial charge is 0.0421 e. The first-order valence-electron chi connectivity index (χ1n) is 10.6. The summed E-state index contributed by atoms with van der Waals surface area (Å²) in [7, 11) is 0. The van der Waals surface area contributed by atoms with Crippen molar-refractivity contribution in [2.45, 2.75) is 0 Å². The SMILES string of the molecule is c1ccc2c(c1)ccc1c(-c3ccc4c5ccccc5c5ccccc5c4c3)scc12. The molecule has 7 aromatic rings. The Balaban J connectivity index is 1.57. The van der Waals surface area contributed by atoms with Crippen LogP contribution in [0.25, 0.3) is 64.3 Å². The largest absolute Gasteiger partial charge is 0.143 e. The van der Waals surface area contributed by atoms with Crippen molar-refractivity contribution in [1.82, 2.24) is 0 Å². The van der Waals surface area contributed by atoms with Gasteiger partial charge < -0.3 is 0 Å². The Bertz CT molecular complexity index is 1750. The molecule has 0 atom stereocenters. The molecule has 0 nitrogen and oxygen atoms in total. The number of thiophene rings is 1. The minimum absolute atomic E-state index is 1.29. The molecule has 31 heavy (non-hydrogen) atoms. The van der Waals surface area contributed by atoms with Crippen LogP contribution in [0.3, 0.4) is 0 Å². The van der Waals surface area contributed by atoms with Crippen molar-refractivity contribution in [3.8, 4) is 10.4 Å². The lowest BCUT2D eigenvalue weighted by atomic mass is 9.92. The van der Waals surface area contributed by atoms with Gasteiger partial charge in [0.05, 0.1) is 0 Å². The van der Waals surface area contributed by atoms with Crippen LogP contribution in [0.2, 0.25) is 0 Å². The summed E-state index contributed by atoms with van der Waals surface area (Å²) in [6.45, 7) is 0. The van der Waals surface area contributed by atoms with Crippen LogP contribution >= 0.6 is 11.3 Å². The predicted molar refractivity (Wildman–Crippen MR) is 137 cm³/mol. The van der Waals surface area contributed by atoms with Gasteiger partial charge in [0.15, 0.2) is 0 Å². The molecule has 0 unspecified atom stereocenters. The molecule has 0 amide bonds. The third-order valence-corrected chi connectivity index (χ3v) is 7.56. The van der Waals surface area contributed by atoms with Crippen LogP contribution in [0.5, 0.6) is 0 Å². The number of hydrogen-bond donors (Lipinski definition) is 0. The average molecular weight is 411 g/mol. The molecule has 1 heterocycles. The van der Waals surface area contributed by atoms with E-state index in [1.165, 1.54) is 64.3 Å². The van der Waals surface area contributed by atoms with E-state index in [4.69, 9.17) is 0 Å². The van der Waals surface area contributed by atoms with Gasteiger partial charge in [0.1, 0.15) is 0 Å². The summed E-state index contributed by atoms with van der Waals surface area (Å²) < 4.78 is 0. The van der Waals surface area contributed by atoms with E-state index in [0.29, 0.717) is 0 Å². The number of rotatable bonds is 1. The summed E-state index contributed by atoms with van der Waals surface area (Å²) in [5, 5.41) is 15.6. The van der Waals surface area contributed by atoms with Crippen molar-refractivity contribution in [2.24, 2.45) is 0 Å². The summed E-state index contributed by atoms with van der Waals surface area (Å²) in [6, 6.07) is 37.8. The molecule has 144 valence electrons. The maximum Gasteiger partial charge on any atom is 0.0421 e. The van der Waals surface area contributed by atoms with Gasteiger partial charge in [-0.3, -0.25) is 0 Å². The monoisotopic (exact) mass is 410 g/mol. The topological polar surface area (TPSA) is 0 Å². The molecular formula is C30H18S. The highest BCUT2D eigenvalue weighted by atomic mass is 32.1. The van der Waals surface area contributed by atoms with E-state index in [1.54, 1.807) is 0 Å². The summed E-state index contributed by atoms with van der Waals surface area (Å²) in [5.74, 6) is 0. The zero-order valence-corrected chi connectivity index (χ0v) is 17.6. The van der Waals surface area contributed by atoms with Crippen molar-refractivity contribution < 1.29 is 0 Å². The van der Waals surface area contributed by atoms with Gasteiger partial charge in [-0.1, -0.05) is 97.1 Å². The Hall–Kier alpha value is -3.68. The van der Waals surface area contributed by atoms with Crippen molar-refractivity contribution in [1.29, 1.82) is 0 Å². The van der Waals surface area contributed by atoms with E-state index in [0.717, 1.165) is 0 Å². The lowest BCUT2D eigenvalue weighted by molar-refractivity contribution is 1.76. The first kappa shape index (κ1) is 17.0. The minimum Gasteiger partial charge on any atom is -0.143 e. The molecule has 0 N–H and O–H groups in total. The van der Waals surface area contributed by atoms with Crippen molar-refractivity contribution >= 4 is 65.2 Å². The second kappa shape index (κ2) is 6.41. The molecular weight excluding hydrogens is 392 g/mol. The molecule has 0 aliphatic rings. The quantitative estimate of drug-likeness (QED) is 0.237. The van der Waals surface area contributed by atoms with Gasteiger partial charge in [0.25, 0.3) is 0 Å². The van der Waals surface area contributed by atoms with E-state index in [-0.39, 0.29) is 0 Å². The molecule has 0 aliphatic carbocycles. The number of benzene rings is 6. The zero-order chi connectivity index (χ0) is 20.4. The van der Waals surface area contributed by atoms with Gasteiger partial charge >= 0.3 is 0 Å². The zero-order valence-electron chi connectivity index (χ0n) is 16.8. The second-order valence-corrected chi connectivity index (χ2v) is 9.04. The lowest BCUT2D eigenvalue weighted by Crippen LogP contribution is -1.84. The van der Waals surface area contributed by atoms with Crippen LogP contribution in [0.15, 0.2) is 109 Å². The Morgan fingerprint density at radius 3 is 1.65 bits per heavy atom. The Labute approximate surface area is 184 Å². The molecule has 0 radical (unpaired) electrons. The van der Waals surface area contributed by atoms with Gasteiger partial charge in [-0.05, 0) is 60.1 Å². The molecule has 0 spiro atoms. The molecule has 0 saturated heterocycles. The highest BCUT2D eigenvalue weighted by Crippen LogP contribution is 2.41. The van der Waals surface area contributed by atoms with Crippen molar-refractivity contribution in [3.63, 3.8) is 0 Å². The first-order chi connectivity index (χ1) is 15.4. The fourth-order valence-corrected chi connectivity index (χ4v) is 6.13. The van der Waals surface area contributed by atoms with Gasteiger partial charge in [-0.25, -0.2) is 0 Å². The summed E-state index contributed by atoms with van der Waals surface area (Å²) in [5.41, 5.74) is 1.29. The average Bonchev–Trinajstić information content (AvgIpc) is 3.29. The summed E-state index contributed by atoms with van der Waals surface area (Å²) in [6.07, 6.45) is 0. The van der Waals surface area contributed by atoms with E-state index in [2.05, 4.69) is 109 Å². The van der Waals surface area contributed by atoms with Crippen LogP contribution in [-0.2, 0) is 0 Å². The highest BCUT2D eigenvalue weighted by Gasteiger charge is 2.13. The number of fused-ring (bicyclic) bond motifs is 9. The fraction of sp³-hybridized carbons (Fsp3) is 0. The van der Waals surface area contributed by atoms with E-state index < -0.39 is 0 Å². The van der Waals surface area contributed by atoms with Crippen LogP contribution in [0, 0.1) is 0 Å². The molecule has 0 fully saturated rings. The molecule has 6 aromatic carbocycles. The Morgan fingerprint density at radius 1 is 0.387 bits per heavy atom. The first-order valence-corrected chi connectivity index (χ1v) is 11.5. The summed E-state index contributed by atoms with van der Waals surface area (Å²) in [4.78, 5) is 1.35. The molecule has 1 aromatic heterocycles. The highest BCUT2D eigenvalue weighted by molar-refractivity contribution is 7.15. The third kappa shape index (κ3) is 2.41. The van der Waals surface area contributed by atoms with Gasteiger partial charge in [-0.2, -0.15) is 0 Å². The molecule has 1 heteroatoms. The van der Waals surface area contributed by atoms with Gasteiger partial charge in [0.2, 0.25) is 0 Å². The molecule has 0 aliphatic heterocycles. The van der Waals surface area contributed by atoms with E-state index in [1.807, 2.05) is 11.3 Å². The Morgan fingerprint density at radius 2 is 0.935 bits per heavy atom. The molecule has 0 saturated carbocycles. The van der Waals surface area contributed by atoms with Crippen molar-refractivity contribution in [3.05, 3.63) is 109 Å². The fourth-order valence-electron chi connectivity index (χ4n) is 5.07. The van der Waals surface area contributed by atoms with E-state index >= 15 is 0 Å². The maximum absolute atomic E-state index is 2.39. The predicted octanol–water partition coefficient (Wildman–Crippen LogP) is 9.18. The van der Waals surface area contributed by atoms with Crippen LogP contribution in [-0.4, -0.2) is 0 Å². The van der Waals surface area contributed by atoms with Crippen molar-refractivity contribution in [2.75, 3.05) is 0 Å². The normalized spacial score (nSPS) is 11.9. The van der Waals surface area contributed by atoms with Crippen LogP contribution < -0.4 is 0 Å². The lowest BCUT2D eigenvalue weighted by Gasteiger charge is -2.11. The van der Waals surface area contributed by atoms with E-state index in [9.17, 15) is 0 Å². The molecule has 7 rings (SSSR count). The minimum atomic E-state index is 1.29. The second-order valence-electron chi connectivity index (χ2n) is 8.16. The van der Waals surface area contributed by atoms with Crippen LogP contribution in [0.4, 0.5) is 0 Å². The molecule has 0 bridgehead atoms. The standard InChI is InChI=1S/C30H18S/c1-2-8-21-19(7-1)13-16-27-29(21)18-31-30(27)20-14-15-26-24-11-4-3-9-22(24)23-10-5-6-12-25(23)28(26)17-20/h1-18H. The Kier molecular flexibility index (Phi) is 3.52. The number of hydrogen-bond acceptors (Lipinski definition) is 1. The summed E-state index contributed by atoms with van der Waals surface area (Å²) >= 11 is 1.85. The third-order valence-electron chi connectivity index (χ3n) is 6.52. The maximum atomic E-state index is 2.39. The van der Waals surface area contributed by atoms with Crippen LogP contribution in [0.1, 0.15) is 0 Å². The van der Waals surface area contributed by atoms with Gasteiger partial charge in [0, 0.05) is 15.6 Å².